The zero-order chi connectivity index (χ0) is 10.4. The van der Waals surface area contributed by atoms with Crippen LogP contribution in [0.3, 0.4) is 0 Å². The van der Waals surface area contributed by atoms with E-state index in [1.54, 1.807) is 6.92 Å². The molecule has 1 aliphatic heterocycles. The lowest BCUT2D eigenvalue weighted by Gasteiger charge is -2.23. The summed E-state index contributed by atoms with van der Waals surface area (Å²) in [5.41, 5.74) is 0. The Morgan fingerprint density at radius 3 is 3.00 bits per heavy atom. The molecule has 0 aliphatic carbocycles. The fourth-order valence-corrected chi connectivity index (χ4v) is 2.58. The molecule has 0 radical (unpaired) electrons. The van der Waals surface area contributed by atoms with Crippen molar-refractivity contribution >= 4 is 17.5 Å². The molecule has 0 amide bonds. The minimum absolute atomic E-state index is 0.340. The summed E-state index contributed by atoms with van der Waals surface area (Å²) in [7, 11) is 0. The van der Waals surface area contributed by atoms with Crippen molar-refractivity contribution in [3.05, 3.63) is 0 Å². The molecule has 0 aromatic carbocycles. The summed E-state index contributed by atoms with van der Waals surface area (Å²) in [4.78, 5) is 13.5. The Balaban J connectivity index is 2.24. The van der Waals surface area contributed by atoms with E-state index in [4.69, 9.17) is 0 Å². The van der Waals surface area contributed by atoms with Crippen molar-refractivity contribution in [3.63, 3.8) is 0 Å². The molecule has 1 fully saturated rings. The standard InChI is InChI=1S/C11H21NOS/c1-10(13)9-11-5-3-6-12(11)7-4-8-14-2/h11H,3-9H2,1-2H3. The van der Waals surface area contributed by atoms with Gasteiger partial charge < -0.3 is 0 Å². The second-order valence-electron chi connectivity index (χ2n) is 4.08. The van der Waals surface area contributed by atoms with Crippen molar-refractivity contribution in [3.8, 4) is 0 Å². The van der Waals surface area contributed by atoms with Gasteiger partial charge in [0, 0.05) is 12.5 Å². The predicted octanol–water partition coefficient (Wildman–Crippen LogP) is 2.18. The lowest BCUT2D eigenvalue weighted by molar-refractivity contribution is -0.118. The Morgan fingerprint density at radius 2 is 2.36 bits per heavy atom. The normalized spacial score (nSPS) is 22.9. The third-order valence-corrected chi connectivity index (χ3v) is 3.51. The SMILES string of the molecule is CSCCCN1CCCC1CC(C)=O. The maximum atomic E-state index is 11.0. The summed E-state index contributed by atoms with van der Waals surface area (Å²) in [6, 6.07) is 0.550. The lowest BCUT2D eigenvalue weighted by Crippen LogP contribution is -2.32. The molecule has 1 aliphatic rings. The Labute approximate surface area is 91.4 Å². The fourth-order valence-electron chi connectivity index (χ4n) is 2.16. The molecule has 1 rings (SSSR count). The van der Waals surface area contributed by atoms with Crippen molar-refractivity contribution < 1.29 is 4.79 Å². The van der Waals surface area contributed by atoms with Crippen LogP contribution < -0.4 is 0 Å². The monoisotopic (exact) mass is 215 g/mol. The predicted molar refractivity (Wildman–Crippen MR) is 62.9 cm³/mol. The molecule has 1 heterocycles. The number of likely N-dealkylation sites (tertiary alicyclic amines) is 1. The first-order valence-electron chi connectivity index (χ1n) is 5.46. The number of hydrogen-bond donors (Lipinski definition) is 0. The molecule has 1 saturated heterocycles. The maximum absolute atomic E-state index is 11.0. The van der Waals surface area contributed by atoms with E-state index in [0.29, 0.717) is 11.8 Å². The van der Waals surface area contributed by atoms with Gasteiger partial charge in [-0.3, -0.25) is 9.69 Å². The van der Waals surface area contributed by atoms with E-state index in [9.17, 15) is 4.79 Å². The molecule has 0 saturated carbocycles. The highest BCUT2D eigenvalue weighted by Crippen LogP contribution is 2.20. The van der Waals surface area contributed by atoms with Crippen LogP contribution in [0.1, 0.15) is 32.6 Å². The van der Waals surface area contributed by atoms with E-state index in [-0.39, 0.29) is 0 Å². The van der Waals surface area contributed by atoms with Crippen molar-refractivity contribution in [1.29, 1.82) is 0 Å². The number of Topliss-reactive ketones (excluding diaryl/α,β-unsaturated/α-hetero) is 1. The van der Waals surface area contributed by atoms with E-state index < -0.39 is 0 Å². The van der Waals surface area contributed by atoms with Crippen LogP contribution in [0, 0.1) is 0 Å². The number of rotatable bonds is 6. The summed E-state index contributed by atoms with van der Waals surface area (Å²) in [5.74, 6) is 1.58. The number of carbonyl (C=O) groups is 1. The highest BCUT2D eigenvalue weighted by atomic mass is 32.2. The van der Waals surface area contributed by atoms with Crippen LogP contribution in [0.5, 0.6) is 0 Å². The van der Waals surface area contributed by atoms with Gasteiger partial charge in [0.25, 0.3) is 0 Å². The number of hydrogen-bond acceptors (Lipinski definition) is 3. The number of ketones is 1. The lowest BCUT2D eigenvalue weighted by atomic mass is 10.1. The Kier molecular flexibility index (Phi) is 5.56. The smallest absolute Gasteiger partial charge is 0.131 e. The summed E-state index contributed by atoms with van der Waals surface area (Å²) >= 11 is 1.91. The Bertz CT molecular complexity index is 184. The molecule has 0 aromatic rings. The van der Waals surface area contributed by atoms with Gasteiger partial charge in [0.15, 0.2) is 0 Å². The highest BCUT2D eigenvalue weighted by molar-refractivity contribution is 7.98. The molecule has 1 atom stereocenters. The van der Waals surface area contributed by atoms with Gasteiger partial charge >= 0.3 is 0 Å². The van der Waals surface area contributed by atoms with Gasteiger partial charge in [0.1, 0.15) is 5.78 Å². The molecule has 82 valence electrons. The number of thioether (sulfide) groups is 1. The molecule has 0 N–H and O–H groups in total. The molecule has 1 unspecified atom stereocenters. The van der Waals surface area contributed by atoms with Crippen LogP contribution in [0.15, 0.2) is 0 Å². The zero-order valence-corrected chi connectivity index (χ0v) is 10.1. The third kappa shape index (κ3) is 4.01. The van der Waals surface area contributed by atoms with Crippen LogP contribution in [-0.2, 0) is 4.79 Å². The minimum atomic E-state index is 0.340. The van der Waals surface area contributed by atoms with Crippen LogP contribution in [-0.4, -0.2) is 41.8 Å². The summed E-state index contributed by atoms with van der Waals surface area (Å²) in [6.07, 6.45) is 6.67. The van der Waals surface area contributed by atoms with Crippen molar-refractivity contribution in [1.82, 2.24) is 4.90 Å². The van der Waals surface area contributed by atoms with Crippen LogP contribution >= 0.6 is 11.8 Å². The largest absolute Gasteiger partial charge is 0.300 e. The van der Waals surface area contributed by atoms with E-state index in [2.05, 4.69) is 11.2 Å². The molecule has 0 bridgehead atoms. The van der Waals surface area contributed by atoms with E-state index in [1.807, 2.05) is 11.8 Å². The quantitative estimate of drug-likeness (QED) is 0.633. The van der Waals surface area contributed by atoms with Crippen molar-refractivity contribution in [2.24, 2.45) is 0 Å². The molecule has 0 aromatic heterocycles. The number of carbonyl (C=O) groups excluding carboxylic acids is 1. The van der Waals surface area contributed by atoms with Gasteiger partial charge in [-0.25, -0.2) is 0 Å². The number of nitrogens with zero attached hydrogens (tertiary/aromatic N) is 1. The van der Waals surface area contributed by atoms with Crippen LogP contribution in [0.25, 0.3) is 0 Å². The van der Waals surface area contributed by atoms with Gasteiger partial charge in [-0.05, 0) is 51.3 Å². The van der Waals surface area contributed by atoms with Gasteiger partial charge in [-0.1, -0.05) is 0 Å². The second-order valence-corrected chi connectivity index (χ2v) is 5.07. The van der Waals surface area contributed by atoms with Crippen molar-refractivity contribution in [2.75, 3.05) is 25.1 Å². The summed E-state index contributed by atoms with van der Waals surface area (Å²) in [5, 5.41) is 0. The summed E-state index contributed by atoms with van der Waals surface area (Å²) < 4.78 is 0. The average molecular weight is 215 g/mol. The maximum Gasteiger partial charge on any atom is 0.131 e. The second kappa shape index (κ2) is 6.46. The minimum Gasteiger partial charge on any atom is -0.300 e. The van der Waals surface area contributed by atoms with E-state index >= 15 is 0 Å². The average Bonchev–Trinajstić information content (AvgIpc) is 2.52. The highest BCUT2D eigenvalue weighted by Gasteiger charge is 2.24. The topological polar surface area (TPSA) is 20.3 Å². The van der Waals surface area contributed by atoms with Gasteiger partial charge in [-0.2, -0.15) is 11.8 Å². The van der Waals surface area contributed by atoms with E-state index in [1.165, 1.54) is 38.1 Å². The fraction of sp³-hybridized carbons (Fsp3) is 0.909. The molecular weight excluding hydrogens is 194 g/mol. The van der Waals surface area contributed by atoms with Crippen LogP contribution in [0.4, 0.5) is 0 Å². The first-order valence-corrected chi connectivity index (χ1v) is 6.86. The first-order chi connectivity index (χ1) is 6.74. The van der Waals surface area contributed by atoms with Crippen LogP contribution in [0.2, 0.25) is 0 Å². The molecule has 2 nitrogen and oxygen atoms in total. The van der Waals surface area contributed by atoms with E-state index in [0.717, 1.165) is 6.42 Å². The van der Waals surface area contributed by atoms with Crippen molar-refractivity contribution in [2.45, 2.75) is 38.6 Å². The van der Waals surface area contributed by atoms with Gasteiger partial charge in [0.05, 0.1) is 0 Å². The molecule has 3 heteroatoms. The molecular formula is C11H21NOS. The first kappa shape index (κ1) is 12.1. The third-order valence-electron chi connectivity index (χ3n) is 2.82. The van der Waals surface area contributed by atoms with Gasteiger partial charge in [0.2, 0.25) is 0 Å². The summed E-state index contributed by atoms with van der Waals surface area (Å²) in [6.45, 7) is 4.09. The zero-order valence-electron chi connectivity index (χ0n) is 9.29. The molecule has 0 spiro atoms. The molecule has 14 heavy (non-hydrogen) atoms. The Hall–Kier alpha value is -0.0200. The Morgan fingerprint density at radius 1 is 1.57 bits per heavy atom. The van der Waals surface area contributed by atoms with Gasteiger partial charge in [-0.15, -0.1) is 0 Å².